The van der Waals surface area contributed by atoms with E-state index in [0.717, 1.165) is 22.6 Å². The number of carbonyl (C=O) groups excluding carboxylic acids is 1. The van der Waals surface area contributed by atoms with Gasteiger partial charge in [-0.2, -0.15) is 10.4 Å². The number of halogens is 2. The number of amides is 1. The van der Waals surface area contributed by atoms with Gasteiger partial charge in [-0.1, -0.05) is 23.2 Å². The van der Waals surface area contributed by atoms with Crippen LogP contribution in [-0.2, 0) is 22.7 Å². The summed E-state index contributed by atoms with van der Waals surface area (Å²) in [6.45, 7) is 5.42. The maximum absolute atomic E-state index is 12.7. The maximum Gasteiger partial charge on any atom is 0.269 e. The second-order valence-electron chi connectivity index (χ2n) is 7.68. The number of aromatic nitrogens is 2. The summed E-state index contributed by atoms with van der Waals surface area (Å²) in [5.41, 5.74) is 6.38. The summed E-state index contributed by atoms with van der Waals surface area (Å²) in [4.78, 5) is 25.1. The number of hydrogen-bond donors (Lipinski definition) is 1. The lowest BCUT2D eigenvalue weighted by Gasteiger charge is -2.12. The van der Waals surface area contributed by atoms with Gasteiger partial charge in [0.15, 0.2) is 0 Å². The summed E-state index contributed by atoms with van der Waals surface area (Å²) in [6, 6.07) is 10.9. The van der Waals surface area contributed by atoms with Crippen LogP contribution in [0.4, 0.5) is 0 Å². The smallest absolute Gasteiger partial charge is 0.269 e. The predicted octanol–water partition coefficient (Wildman–Crippen LogP) is 4.04. The fourth-order valence-corrected chi connectivity index (χ4v) is 4.01. The third-order valence-electron chi connectivity index (χ3n) is 5.33. The first kappa shape index (κ1) is 25.2. The van der Waals surface area contributed by atoms with E-state index in [1.54, 1.807) is 25.1 Å². The first-order chi connectivity index (χ1) is 16.2. The van der Waals surface area contributed by atoms with Crippen LogP contribution in [0.15, 0.2) is 40.2 Å². The highest BCUT2D eigenvalue weighted by molar-refractivity contribution is 6.42. The molecule has 0 unspecified atom stereocenters. The standard InChI is InChI=1S/C24H23Cl2N5O3/c1-14-7-18(13-34-4)20(10-27)24(33)30(14)12-23(32)29-28-11-17-8-15(2)31(16(17)3)19-5-6-21(25)22(26)9-19/h5-9,11H,12-13H2,1-4H3,(H,29,32)/b28-11-. The molecule has 1 amide bonds. The number of nitrogens with one attached hydrogen (secondary N) is 1. The lowest BCUT2D eigenvalue weighted by Crippen LogP contribution is -2.33. The Labute approximate surface area is 207 Å². The molecule has 0 bridgehead atoms. The minimum atomic E-state index is -0.543. The molecule has 34 heavy (non-hydrogen) atoms. The first-order valence-corrected chi connectivity index (χ1v) is 11.0. The van der Waals surface area contributed by atoms with Crippen molar-refractivity contribution in [3.63, 3.8) is 0 Å². The number of methoxy groups -OCH3 is 1. The van der Waals surface area contributed by atoms with E-state index in [1.807, 2.05) is 36.6 Å². The van der Waals surface area contributed by atoms with Crippen molar-refractivity contribution in [1.82, 2.24) is 14.6 Å². The molecule has 0 aliphatic rings. The summed E-state index contributed by atoms with van der Waals surface area (Å²) < 4.78 is 8.28. The van der Waals surface area contributed by atoms with E-state index < -0.39 is 11.5 Å². The zero-order valence-electron chi connectivity index (χ0n) is 19.1. The molecule has 176 valence electrons. The van der Waals surface area contributed by atoms with Gasteiger partial charge in [-0.25, -0.2) is 5.43 Å². The number of aryl methyl sites for hydroxylation is 2. The van der Waals surface area contributed by atoms with Gasteiger partial charge in [0, 0.05) is 41.0 Å². The fourth-order valence-electron chi connectivity index (χ4n) is 3.71. The van der Waals surface area contributed by atoms with Crippen LogP contribution < -0.4 is 11.0 Å². The fraction of sp³-hybridized carbons (Fsp3) is 0.250. The molecule has 10 heteroatoms. The third-order valence-corrected chi connectivity index (χ3v) is 6.07. The Morgan fingerprint density at radius 2 is 1.91 bits per heavy atom. The predicted molar refractivity (Wildman–Crippen MR) is 132 cm³/mol. The Morgan fingerprint density at radius 1 is 1.18 bits per heavy atom. The maximum atomic E-state index is 12.7. The minimum absolute atomic E-state index is 0.0431. The van der Waals surface area contributed by atoms with Gasteiger partial charge < -0.3 is 13.9 Å². The van der Waals surface area contributed by atoms with Gasteiger partial charge in [-0.05, 0) is 51.1 Å². The van der Waals surface area contributed by atoms with Crippen LogP contribution in [-0.4, -0.2) is 28.4 Å². The highest BCUT2D eigenvalue weighted by Gasteiger charge is 2.15. The Balaban J connectivity index is 1.77. The highest BCUT2D eigenvalue weighted by atomic mass is 35.5. The summed E-state index contributed by atoms with van der Waals surface area (Å²) in [5.74, 6) is -0.497. The largest absolute Gasteiger partial charge is 0.380 e. The lowest BCUT2D eigenvalue weighted by molar-refractivity contribution is -0.121. The van der Waals surface area contributed by atoms with Crippen LogP contribution >= 0.6 is 23.2 Å². The van der Waals surface area contributed by atoms with Crippen LogP contribution in [0, 0.1) is 32.1 Å². The topological polar surface area (TPSA) is 101 Å². The van der Waals surface area contributed by atoms with Crippen molar-refractivity contribution in [2.45, 2.75) is 33.9 Å². The van der Waals surface area contributed by atoms with Gasteiger partial charge in [-0.3, -0.25) is 9.59 Å². The van der Waals surface area contributed by atoms with Gasteiger partial charge in [-0.15, -0.1) is 0 Å². The van der Waals surface area contributed by atoms with E-state index >= 15 is 0 Å². The molecule has 0 fully saturated rings. The van der Waals surface area contributed by atoms with E-state index in [4.69, 9.17) is 27.9 Å². The van der Waals surface area contributed by atoms with Gasteiger partial charge in [0.1, 0.15) is 18.2 Å². The summed E-state index contributed by atoms with van der Waals surface area (Å²) in [7, 11) is 1.48. The molecule has 0 saturated heterocycles. The average molecular weight is 500 g/mol. The summed E-state index contributed by atoms with van der Waals surface area (Å²) in [5, 5.41) is 14.3. The van der Waals surface area contributed by atoms with E-state index in [0.29, 0.717) is 21.3 Å². The molecule has 0 atom stereocenters. The highest BCUT2D eigenvalue weighted by Crippen LogP contribution is 2.27. The summed E-state index contributed by atoms with van der Waals surface area (Å²) in [6.07, 6.45) is 1.53. The molecule has 8 nitrogen and oxygen atoms in total. The molecule has 2 heterocycles. The lowest BCUT2D eigenvalue weighted by atomic mass is 10.1. The molecule has 0 aliphatic heterocycles. The Hall–Kier alpha value is -3.38. The Morgan fingerprint density at radius 3 is 2.56 bits per heavy atom. The number of hydrazone groups is 1. The van der Waals surface area contributed by atoms with Gasteiger partial charge in [0.2, 0.25) is 0 Å². The molecule has 0 radical (unpaired) electrons. The van der Waals surface area contributed by atoms with Crippen LogP contribution in [0.1, 0.15) is 33.8 Å². The van der Waals surface area contributed by atoms with E-state index in [-0.39, 0.29) is 18.7 Å². The first-order valence-electron chi connectivity index (χ1n) is 10.3. The number of nitriles is 1. The number of carbonyl (C=O) groups is 1. The van der Waals surface area contributed by atoms with Crippen molar-refractivity contribution in [2.75, 3.05) is 7.11 Å². The van der Waals surface area contributed by atoms with Crippen molar-refractivity contribution in [2.24, 2.45) is 5.10 Å². The molecule has 0 spiro atoms. The van der Waals surface area contributed by atoms with Crippen molar-refractivity contribution < 1.29 is 9.53 Å². The number of pyridine rings is 1. The van der Waals surface area contributed by atoms with Crippen LogP contribution in [0.2, 0.25) is 10.0 Å². The average Bonchev–Trinajstić information content (AvgIpc) is 3.06. The SMILES string of the molecule is COCc1cc(C)n(CC(=O)N/N=C\c2cc(C)n(-c3ccc(Cl)c(Cl)c3)c2C)c(=O)c1C#N. The van der Waals surface area contributed by atoms with Crippen LogP contribution in [0.3, 0.4) is 0 Å². The number of benzene rings is 1. The molecule has 1 N–H and O–H groups in total. The number of rotatable bonds is 7. The van der Waals surface area contributed by atoms with E-state index in [9.17, 15) is 14.9 Å². The van der Waals surface area contributed by atoms with Gasteiger partial charge in [0.05, 0.1) is 22.9 Å². The third kappa shape index (κ3) is 5.23. The van der Waals surface area contributed by atoms with Crippen molar-refractivity contribution in [1.29, 1.82) is 5.26 Å². The van der Waals surface area contributed by atoms with Gasteiger partial charge >= 0.3 is 0 Å². The number of hydrogen-bond acceptors (Lipinski definition) is 5. The van der Waals surface area contributed by atoms with E-state index in [2.05, 4.69) is 10.5 Å². The van der Waals surface area contributed by atoms with Crippen molar-refractivity contribution in [3.05, 3.63) is 84.5 Å². The Bertz CT molecular complexity index is 1380. The van der Waals surface area contributed by atoms with E-state index in [1.165, 1.54) is 17.9 Å². The quantitative estimate of drug-likeness (QED) is 0.391. The summed E-state index contributed by atoms with van der Waals surface area (Å²) >= 11 is 12.2. The second-order valence-corrected chi connectivity index (χ2v) is 8.49. The molecule has 3 rings (SSSR count). The number of ether oxygens (including phenoxy) is 1. The normalized spacial score (nSPS) is 11.1. The molecule has 1 aromatic carbocycles. The molecular weight excluding hydrogens is 477 g/mol. The Kier molecular flexibility index (Phi) is 7.94. The van der Waals surface area contributed by atoms with Crippen molar-refractivity contribution in [3.8, 4) is 11.8 Å². The monoisotopic (exact) mass is 499 g/mol. The zero-order chi connectivity index (χ0) is 25.0. The van der Waals surface area contributed by atoms with Crippen LogP contribution in [0.5, 0.6) is 0 Å². The molecule has 0 aliphatic carbocycles. The zero-order valence-corrected chi connectivity index (χ0v) is 20.7. The minimum Gasteiger partial charge on any atom is -0.380 e. The molecular formula is C24H23Cl2N5O3. The van der Waals surface area contributed by atoms with Crippen LogP contribution in [0.25, 0.3) is 5.69 Å². The molecule has 0 saturated carbocycles. The second kappa shape index (κ2) is 10.7. The van der Waals surface area contributed by atoms with Crippen molar-refractivity contribution >= 4 is 35.3 Å². The van der Waals surface area contributed by atoms with Gasteiger partial charge in [0.25, 0.3) is 11.5 Å². The molecule has 2 aromatic heterocycles. The molecule has 3 aromatic rings. The number of nitrogens with zero attached hydrogens (tertiary/aromatic N) is 4.